The van der Waals surface area contributed by atoms with Gasteiger partial charge in [-0.3, -0.25) is 39.7 Å². The van der Waals surface area contributed by atoms with Crippen LogP contribution in [-0.4, -0.2) is 105 Å². The second-order valence-corrected chi connectivity index (χ2v) is 16.5. The van der Waals surface area contributed by atoms with Gasteiger partial charge in [-0.15, -0.1) is 0 Å². The Balaban J connectivity index is 0.739. The van der Waals surface area contributed by atoms with E-state index in [1.807, 2.05) is 30.3 Å². The van der Waals surface area contributed by atoms with E-state index in [4.69, 9.17) is 21.6 Å². The Kier molecular flexibility index (Phi) is 12.1. The van der Waals surface area contributed by atoms with Gasteiger partial charge in [-0.1, -0.05) is 11.6 Å². The van der Waals surface area contributed by atoms with Crippen LogP contribution in [0.2, 0.25) is 5.02 Å². The number of nitrogens with one attached hydrogen (secondary N) is 3. The fourth-order valence-electron chi connectivity index (χ4n) is 8.81. The van der Waals surface area contributed by atoms with Crippen LogP contribution >= 0.6 is 11.6 Å². The summed E-state index contributed by atoms with van der Waals surface area (Å²) in [7, 11) is 0. The summed E-state index contributed by atoms with van der Waals surface area (Å²) in [6, 6.07) is 20.6. The lowest BCUT2D eigenvalue weighted by molar-refractivity contribution is -0.134. The molecule has 58 heavy (non-hydrogen) atoms. The van der Waals surface area contributed by atoms with Crippen molar-refractivity contribution in [1.82, 2.24) is 20.9 Å². The number of benzene rings is 3. The number of nitrogens with zero attached hydrogens (tertiary/aromatic N) is 5. The lowest BCUT2D eigenvalue weighted by Crippen LogP contribution is -2.55. The number of rotatable bonds is 10. The lowest BCUT2D eigenvalue weighted by atomic mass is 9.92. The van der Waals surface area contributed by atoms with Crippen molar-refractivity contribution in [3.05, 3.63) is 87.9 Å². The molecule has 3 saturated heterocycles. The molecule has 4 heterocycles. The molecule has 4 aliphatic heterocycles. The SMILES string of the molecule is N#Cc1ccc(OC2CCC(NC(=O)c3ccc(N4CCC(CN5CCN(c6ccc7c(c6)C=NC(N[C@H]6CCC(=O)NC6=O)C7=O)CC5)CC4)cc3)CC2)cc1Cl. The number of piperazine rings is 1. The first-order chi connectivity index (χ1) is 28.2. The summed E-state index contributed by atoms with van der Waals surface area (Å²) >= 11 is 6.16. The number of fused-ring (bicyclic) bond motifs is 1. The number of carbonyl (C=O) groups excluding carboxylic acids is 4. The maximum Gasteiger partial charge on any atom is 0.251 e. The molecule has 2 atom stereocenters. The summed E-state index contributed by atoms with van der Waals surface area (Å²) in [5.74, 6) is 0.384. The smallest absolute Gasteiger partial charge is 0.251 e. The van der Waals surface area contributed by atoms with Gasteiger partial charge in [-0.05, 0) is 105 Å². The molecule has 302 valence electrons. The zero-order chi connectivity index (χ0) is 40.2. The average Bonchev–Trinajstić information content (AvgIpc) is 3.24. The van der Waals surface area contributed by atoms with Crippen LogP contribution in [0.5, 0.6) is 5.75 Å². The van der Waals surface area contributed by atoms with Gasteiger partial charge in [-0.2, -0.15) is 5.26 Å². The van der Waals surface area contributed by atoms with E-state index in [1.54, 1.807) is 24.4 Å². The Morgan fingerprint density at radius 2 is 1.59 bits per heavy atom. The number of amides is 3. The maximum atomic E-state index is 13.2. The first-order valence-electron chi connectivity index (χ1n) is 20.5. The number of ether oxygens (including phenoxy) is 1. The molecular formula is C44H49ClN8O5. The van der Waals surface area contributed by atoms with E-state index in [-0.39, 0.29) is 36.2 Å². The number of aliphatic imine (C=N–C) groups is 1. The molecular weight excluding hydrogens is 756 g/mol. The highest BCUT2D eigenvalue weighted by molar-refractivity contribution is 6.31. The van der Waals surface area contributed by atoms with Gasteiger partial charge >= 0.3 is 0 Å². The number of imide groups is 1. The fraction of sp³-hybridized carbons (Fsp3) is 0.455. The van der Waals surface area contributed by atoms with E-state index in [9.17, 15) is 19.2 Å². The first kappa shape index (κ1) is 39.5. The Labute approximate surface area is 343 Å². The number of carbonyl (C=O) groups is 4. The molecule has 14 heteroatoms. The molecule has 0 spiro atoms. The Morgan fingerprint density at radius 1 is 0.862 bits per heavy atom. The second kappa shape index (κ2) is 17.7. The summed E-state index contributed by atoms with van der Waals surface area (Å²) in [5.41, 5.74) is 4.70. The monoisotopic (exact) mass is 804 g/mol. The standard InChI is InChI=1S/C44H49ClN8O5/c45-38-24-36(9-3-30(38)25-46)58-35-10-4-32(5-11-35)48-43(56)29-1-6-33(7-2-29)52-17-15-28(16-18-52)27-51-19-21-53(22-20-51)34-8-12-37-31(23-34)26-47-42(41(37)55)49-39-13-14-40(54)50-44(39)57/h1-3,6-9,12,23-24,26,28,32,35,39,42,49H,4-5,10-11,13-22,27H2,(H,48,56)(H,50,54,57)/t32?,35?,39-,42?/m0/s1. The highest BCUT2D eigenvalue weighted by Crippen LogP contribution is 2.29. The van der Waals surface area contributed by atoms with Gasteiger partial charge in [0.1, 0.15) is 11.8 Å². The number of piperidine rings is 2. The number of nitriles is 1. The van der Waals surface area contributed by atoms with Gasteiger partial charge in [0, 0.05) is 98.6 Å². The van der Waals surface area contributed by atoms with E-state index in [1.165, 1.54) is 0 Å². The van der Waals surface area contributed by atoms with Gasteiger partial charge in [0.25, 0.3) is 5.91 Å². The van der Waals surface area contributed by atoms with Gasteiger partial charge in [0.15, 0.2) is 6.17 Å². The van der Waals surface area contributed by atoms with E-state index in [0.717, 1.165) is 101 Å². The van der Waals surface area contributed by atoms with Crippen molar-refractivity contribution in [2.75, 3.05) is 55.6 Å². The van der Waals surface area contributed by atoms with Gasteiger partial charge < -0.3 is 19.9 Å². The van der Waals surface area contributed by atoms with Crippen LogP contribution < -0.4 is 30.5 Å². The van der Waals surface area contributed by atoms with Crippen molar-refractivity contribution >= 4 is 52.7 Å². The van der Waals surface area contributed by atoms with Gasteiger partial charge in [0.2, 0.25) is 17.6 Å². The van der Waals surface area contributed by atoms with Gasteiger partial charge in [-0.25, -0.2) is 0 Å². The summed E-state index contributed by atoms with van der Waals surface area (Å²) in [4.78, 5) is 61.8. The molecule has 3 N–H and O–H groups in total. The van der Waals surface area contributed by atoms with E-state index < -0.39 is 18.1 Å². The third kappa shape index (κ3) is 9.20. The molecule has 3 aromatic rings. The zero-order valence-electron chi connectivity index (χ0n) is 32.5. The van der Waals surface area contributed by atoms with Crippen molar-refractivity contribution in [2.45, 2.75) is 75.7 Å². The first-order valence-corrected chi connectivity index (χ1v) is 20.9. The fourth-order valence-corrected chi connectivity index (χ4v) is 9.02. The third-order valence-corrected chi connectivity index (χ3v) is 12.6. The molecule has 8 rings (SSSR count). The Morgan fingerprint density at radius 3 is 2.29 bits per heavy atom. The molecule has 3 aromatic carbocycles. The molecule has 0 bridgehead atoms. The molecule has 3 amide bonds. The number of Topliss-reactive ketones (excluding diaryl/α,β-unsaturated/α-hetero) is 1. The number of halogens is 1. The number of hydrogen-bond acceptors (Lipinski definition) is 11. The van der Waals surface area contributed by atoms with Crippen molar-refractivity contribution in [3.63, 3.8) is 0 Å². The quantitative estimate of drug-likeness (QED) is 0.245. The molecule has 13 nitrogen and oxygen atoms in total. The summed E-state index contributed by atoms with van der Waals surface area (Å²) in [6.07, 6.45) is 7.12. The second-order valence-electron chi connectivity index (χ2n) is 16.1. The molecule has 5 aliphatic rings. The molecule has 0 radical (unpaired) electrons. The van der Waals surface area contributed by atoms with Crippen molar-refractivity contribution in [3.8, 4) is 11.8 Å². The van der Waals surface area contributed by atoms with Crippen LogP contribution in [0.4, 0.5) is 11.4 Å². The molecule has 1 unspecified atom stereocenters. The molecule has 0 aromatic heterocycles. The van der Waals surface area contributed by atoms with Crippen LogP contribution in [0.25, 0.3) is 0 Å². The van der Waals surface area contributed by atoms with E-state index >= 15 is 0 Å². The lowest BCUT2D eigenvalue weighted by Gasteiger charge is -2.40. The van der Waals surface area contributed by atoms with E-state index in [0.29, 0.717) is 39.8 Å². The molecule has 4 fully saturated rings. The van der Waals surface area contributed by atoms with Gasteiger partial charge in [0.05, 0.1) is 22.7 Å². The minimum atomic E-state index is -0.842. The third-order valence-electron chi connectivity index (χ3n) is 12.2. The van der Waals surface area contributed by atoms with Crippen LogP contribution in [0, 0.1) is 17.2 Å². The number of ketones is 1. The average molecular weight is 805 g/mol. The van der Waals surface area contributed by atoms with Crippen LogP contribution in [0.15, 0.2) is 65.7 Å². The molecule has 1 saturated carbocycles. The highest BCUT2D eigenvalue weighted by atomic mass is 35.5. The summed E-state index contributed by atoms with van der Waals surface area (Å²) in [6.45, 7) is 6.86. The maximum absolute atomic E-state index is 13.2. The minimum Gasteiger partial charge on any atom is -0.490 e. The van der Waals surface area contributed by atoms with Crippen LogP contribution in [-0.2, 0) is 9.59 Å². The van der Waals surface area contributed by atoms with Crippen molar-refractivity contribution in [1.29, 1.82) is 5.26 Å². The van der Waals surface area contributed by atoms with Crippen LogP contribution in [0.1, 0.15) is 83.2 Å². The predicted molar refractivity (Wildman–Crippen MR) is 222 cm³/mol. The normalized spacial score (nSPS) is 24.2. The minimum absolute atomic E-state index is 0.0427. The number of anilines is 2. The largest absolute Gasteiger partial charge is 0.490 e. The van der Waals surface area contributed by atoms with Crippen LogP contribution in [0.3, 0.4) is 0 Å². The highest BCUT2D eigenvalue weighted by Gasteiger charge is 2.33. The molecule has 1 aliphatic carbocycles. The zero-order valence-corrected chi connectivity index (χ0v) is 33.3. The van der Waals surface area contributed by atoms with E-state index in [2.05, 4.69) is 53.8 Å². The summed E-state index contributed by atoms with van der Waals surface area (Å²) < 4.78 is 6.10. The van der Waals surface area contributed by atoms with Crippen molar-refractivity contribution < 1.29 is 23.9 Å². The Bertz CT molecular complexity index is 2100. The topological polar surface area (TPSA) is 159 Å². The predicted octanol–water partition coefficient (Wildman–Crippen LogP) is 4.71. The van der Waals surface area contributed by atoms with Crippen molar-refractivity contribution in [2.24, 2.45) is 10.9 Å². The summed E-state index contributed by atoms with van der Waals surface area (Å²) in [5, 5.41) is 18.0. The number of hydrogen-bond donors (Lipinski definition) is 3. The Hall–Kier alpha value is -5.29.